The Balaban J connectivity index is 1.79. The third-order valence-corrected chi connectivity index (χ3v) is 4.39. The number of hydrogen-bond acceptors (Lipinski definition) is 2. The van der Waals surface area contributed by atoms with Gasteiger partial charge in [0.05, 0.1) is 22.4 Å². The van der Waals surface area contributed by atoms with E-state index in [1.165, 1.54) is 12.0 Å². The van der Waals surface area contributed by atoms with Crippen molar-refractivity contribution in [3.8, 4) is 0 Å². The largest absolute Gasteiger partial charge is 0.322 e. The standard InChI is InChI=1S/C14H16BrN3/c1-18-14(12(15)8-17-18)13(16)11-7-10(11)9-5-3-2-4-6-9/h2-6,8,10-11,13H,7,16H2,1H3. The van der Waals surface area contributed by atoms with Gasteiger partial charge >= 0.3 is 0 Å². The maximum Gasteiger partial charge on any atom is 0.0693 e. The van der Waals surface area contributed by atoms with E-state index in [2.05, 4.69) is 51.4 Å². The minimum Gasteiger partial charge on any atom is -0.322 e. The van der Waals surface area contributed by atoms with Crippen molar-refractivity contribution < 1.29 is 0 Å². The normalized spacial score (nSPS) is 23.9. The van der Waals surface area contributed by atoms with Gasteiger partial charge in [0, 0.05) is 7.05 Å². The fourth-order valence-corrected chi connectivity index (χ4v) is 3.31. The van der Waals surface area contributed by atoms with E-state index in [1.54, 1.807) is 0 Å². The van der Waals surface area contributed by atoms with Gasteiger partial charge in [0.25, 0.3) is 0 Å². The van der Waals surface area contributed by atoms with Gasteiger partial charge in [-0.3, -0.25) is 4.68 Å². The van der Waals surface area contributed by atoms with E-state index in [-0.39, 0.29) is 6.04 Å². The van der Waals surface area contributed by atoms with Crippen molar-refractivity contribution in [2.75, 3.05) is 0 Å². The molecule has 1 aliphatic rings. The van der Waals surface area contributed by atoms with Crippen LogP contribution in [0.5, 0.6) is 0 Å². The minimum atomic E-state index is 0.0529. The second-order valence-corrected chi connectivity index (χ2v) is 5.80. The van der Waals surface area contributed by atoms with Crippen molar-refractivity contribution in [2.45, 2.75) is 18.4 Å². The summed E-state index contributed by atoms with van der Waals surface area (Å²) in [6.45, 7) is 0. The summed E-state index contributed by atoms with van der Waals surface area (Å²) in [5, 5.41) is 4.23. The van der Waals surface area contributed by atoms with Crippen molar-refractivity contribution in [1.29, 1.82) is 0 Å². The lowest BCUT2D eigenvalue weighted by Crippen LogP contribution is -2.17. The third-order valence-electron chi connectivity index (χ3n) is 3.78. The lowest BCUT2D eigenvalue weighted by atomic mass is 10.0. The Hall–Kier alpha value is -1.13. The van der Waals surface area contributed by atoms with Crippen LogP contribution in [0.15, 0.2) is 41.0 Å². The first-order valence-electron chi connectivity index (χ1n) is 6.16. The van der Waals surface area contributed by atoms with Crippen molar-refractivity contribution in [1.82, 2.24) is 9.78 Å². The fourth-order valence-electron chi connectivity index (χ4n) is 2.69. The number of halogens is 1. The first-order valence-corrected chi connectivity index (χ1v) is 6.95. The third kappa shape index (κ3) is 1.99. The van der Waals surface area contributed by atoms with Crippen LogP contribution in [0.4, 0.5) is 0 Å². The molecule has 1 saturated carbocycles. The smallest absolute Gasteiger partial charge is 0.0693 e. The quantitative estimate of drug-likeness (QED) is 0.947. The number of aryl methyl sites for hydroxylation is 1. The first-order chi connectivity index (χ1) is 8.68. The van der Waals surface area contributed by atoms with Crippen molar-refractivity contribution >= 4 is 15.9 Å². The van der Waals surface area contributed by atoms with E-state index in [0.717, 1.165) is 10.2 Å². The highest BCUT2D eigenvalue weighted by molar-refractivity contribution is 9.10. The lowest BCUT2D eigenvalue weighted by Gasteiger charge is -2.13. The number of aromatic nitrogens is 2. The summed E-state index contributed by atoms with van der Waals surface area (Å²) in [5.74, 6) is 1.13. The van der Waals surface area contributed by atoms with Gasteiger partial charge in [0.1, 0.15) is 0 Å². The van der Waals surface area contributed by atoms with Crippen molar-refractivity contribution in [3.05, 3.63) is 52.3 Å². The van der Waals surface area contributed by atoms with Gasteiger partial charge < -0.3 is 5.73 Å². The molecule has 2 aromatic rings. The molecule has 18 heavy (non-hydrogen) atoms. The van der Waals surface area contributed by atoms with Gasteiger partial charge in [-0.05, 0) is 39.8 Å². The summed E-state index contributed by atoms with van der Waals surface area (Å²) in [7, 11) is 1.94. The summed E-state index contributed by atoms with van der Waals surface area (Å²) < 4.78 is 2.88. The molecule has 1 aliphatic carbocycles. The van der Waals surface area contributed by atoms with E-state index in [9.17, 15) is 0 Å². The molecule has 3 atom stereocenters. The average molecular weight is 306 g/mol. The molecule has 1 heterocycles. The number of benzene rings is 1. The molecule has 0 spiro atoms. The van der Waals surface area contributed by atoms with Crippen LogP contribution in [-0.4, -0.2) is 9.78 Å². The van der Waals surface area contributed by atoms with E-state index >= 15 is 0 Å². The SMILES string of the molecule is Cn1ncc(Br)c1C(N)C1CC1c1ccccc1. The van der Waals surface area contributed by atoms with Gasteiger partial charge in [-0.15, -0.1) is 0 Å². The minimum absolute atomic E-state index is 0.0529. The number of nitrogens with two attached hydrogens (primary N) is 1. The molecule has 94 valence electrons. The fraction of sp³-hybridized carbons (Fsp3) is 0.357. The zero-order chi connectivity index (χ0) is 12.7. The summed E-state index contributed by atoms with van der Waals surface area (Å²) in [4.78, 5) is 0. The highest BCUT2D eigenvalue weighted by Gasteiger charge is 2.44. The molecule has 3 unspecified atom stereocenters. The Morgan fingerprint density at radius 3 is 2.72 bits per heavy atom. The first kappa shape index (κ1) is 11.9. The molecule has 3 rings (SSSR count). The highest BCUT2D eigenvalue weighted by Crippen LogP contribution is 2.53. The maximum absolute atomic E-state index is 6.38. The molecule has 4 heteroatoms. The van der Waals surface area contributed by atoms with Crippen molar-refractivity contribution in [3.63, 3.8) is 0 Å². The molecule has 2 N–H and O–H groups in total. The zero-order valence-corrected chi connectivity index (χ0v) is 11.8. The highest BCUT2D eigenvalue weighted by atomic mass is 79.9. The van der Waals surface area contributed by atoms with Crippen LogP contribution in [-0.2, 0) is 7.05 Å². The lowest BCUT2D eigenvalue weighted by molar-refractivity contribution is 0.553. The molecule has 1 fully saturated rings. The van der Waals surface area contributed by atoms with Gasteiger partial charge in [0.15, 0.2) is 0 Å². The Morgan fingerprint density at radius 1 is 1.39 bits per heavy atom. The molecule has 0 bridgehead atoms. The number of rotatable bonds is 3. The number of hydrogen-bond donors (Lipinski definition) is 1. The van der Waals surface area contributed by atoms with E-state index in [0.29, 0.717) is 11.8 Å². The summed E-state index contributed by atoms with van der Waals surface area (Å²) in [6, 6.07) is 10.7. The Kier molecular flexibility index (Phi) is 2.99. The molecule has 1 aromatic carbocycles. The van der Waals surface area contributed by atoms with E-state index in [4.69, 9.17) is 5.73 Å². The van der Waals surface area contributed by atoms with Crippen LogP contribution in [0, 0.1) is 5.92 Å². The maximum atomic E-state index is 6.38. The number of nitrogens with zero attached hydrogens (tertiary/aromatic N) is 2. The summed E-state index contributed by atoms with van der Waals surface area (Å²) >= 11 is 3.53. The molecule has 0 radical (unpaired) electrons. The van der Waals surface area contributed by atoms with Crippen LogP contribution < -0.4 is 5.73 Å². The van der Waals surface area contributed by atoms with E-state index in [1.807, 2.05) is 17.9 Å². The molecule has 0 aliphatic heterocycles. The van der Waals surface area contributed by atoms with Crippen LogP contribution in [0.25, 0.3) is 0 Å². The van der Waals surface area contributed by atoms with Gasteiger partial charge in [-0.2, -0.15) is 5.10 Å². The van der Waals surface area contributed by atoms with Gasteiger partial charge in [0.2, 0.25) is 0 Å². The molecule has 0 amide bonds. The second kappa shape index (κ2) is 4.52. The summed E-state index contributed by atoms with van der Waals surface area (Å²) in [6.07, 6.45) is 2.98. The Labute approximate surface area is 115 Å². The van der Waals surface area contributed by atoms with Crippen LogP contribution in [0.2, 0.25) is 0 Å². The molecule has 3 nitrogen and oxygen atoms in total. The molecule has 0 saturated heterocycles. The predicted molar refractivity (Wildman–Crippen MR) is 75.1 cm³/mol. The predicted octanol–water partition coefficient (Wildman–Crippen LogP) is 2.99. The Morgan fingerprint density at radius 2 is 2.11 bits per heavy atom. The molecular weight excluding hydrogens is 290 g/mol. The van der Waals surface area contributed by atoms with Gasteiger partial charge in [-0.25, -0.2) is 0 Å². The Bertz CT molecular complexity index is 530. The van der Waals surface area contributed by atoms with Crippen LogP contribution in [0.1, 0.15) is 29.6 Å². The van der Waals surface area contributed by atoms with Crippen LogP contribution in [0.3, 0.4) is 0 Å². The molecular formula is C14H16BrN3. The second-order valence-electron chi connectivity index (χ2n) is 4.94. The summed E-state index contributed by atoms with van der Waals surface area (Å²) in [5.41, 5.74) is 8.88. The average Bonchev–Trinajstić information content (AvgIpc) is 3.11. The monoisotopic (exact) mass is 305 g/mol. The zero-order valence-electron chi connectivity index (χ0n) is 10.3. The van der Waals surface area contributed by atoms with Gasteiger partial charge in [-0.1, -0.05) is 30.3 Å². The topological polar surface area (TPSA) is 43.8 Å². The van der Waals surface area contributed by atoms with Crippen molar-refractivity contribution in [2.24, 2.45) is 18.7 Å². The molecule has 1 aromatic heterocycles. The van der Waals surface area contributed by atoms with Crippen LogP contribution >= 0.6 is 15.9 Å². The van der Waals surface area contributed by atoms with E-state index < -0.39 is 0 Å².